The SMILES string of the molecule is Cc1cccc(-c2nnc(SCC(=O)N3CCN(S(=O)(=O)c4ccccc4F)CC3)n2C)c1. The van der Waals surface area contributed by atoms with Crippen molar-refractivity contribution in [1.29, 1.82) is 0 Å². The van der Waals surface area contributed by atoms with Crippen LogP contribution in [0.5, 0.6) is 0 Å². The minimum Gasteiger partial charge on any atom is -0.339 e. The first-order chi connectivity index (χ1) is 15.8. The lowest BCUT2D eigenvalue weighted by molar-refractivity contribution is -0.129. The fraction of sp³-hybridized carbons (Fsp3) is 0.318. The van der Waals surface area contributed by atoms with Crippen LogP contribution < -0.4 is 0 Å². The van der Waals surface area contributed by atoms with Crippen molar-refractivity contribution in [2.75, 3.05) is 31.9 Å². The third-order valence-electron chi connectivity index (χ3n) is 5.48. The number of piperazine rings is 1. The summed E-state index contributed by atoms with van der Waals surface area (Å²) in [5.41, 5.74) is 2.08. The smallest absolute Gasteiger partial charge is 0.246 e. The number of carbonyl (C=O) groups excluding carboxylic acids is 1. The first-order valence-corrected chi connectivity index (χ1v) is 12.8. The largest absolute Gasteiger partial charge is 0.339 e. The van der Waals surface area contributed by atoms with E-state index < -0.39 is 15.8 Å². The van der Waals surface area contributed by atoms with E-state index in [2.05, 4.69) is 10.2 Å². The van der Waals surface area contributed by atoms with Gasteiger partial charge in [0.25, 0.3) is 0 Å². The molecule has 1 aromatic heterocycles. The molecular weight excluding hydrogens is 465 g/mol. The van der Waals surface area contributed by atoms with Crippen LogP contribution in [0.4, 0.5) is 4.39 Å². The summed E-state index contributed by atoms with van der Waals surface area (Å²) in [7, 11) is -2.08. The molecule has 0 aliphatic carbocycles. The van der Waals surface area contributed by atoms with Crippen molar-refractivity contribution in [3.8, 4) is 11.4 Å². The van der Waals surface area contributed by atoms with Crippen LogP contribution in [0.2, 0.25) is 0 Å². The predicted molar refractivity (Wildman–Crippen MR) is 124 cm³/mol. The van der Waals surface area contributed by atoms with Crippen LogP contribution >= 0.6 is 11.8 Å². The van der Waals surface area contributed by atoms with E-state index in [9.17, 15) is 17.6 Å². The Balaban J connectivity index is 1.34. The molecular formula is C22H24FN5O3S2. The molecule has 8 nitrogen and oxygen atoms in total. The van der Waals surface area contributed by atoms with Crippen LogP contribution in [-0.4, -0.2) is 70.2 Å². The highest BCUT2D eigenvalue weighted by Gasteiger charge is 2.31. The number of nitrogens with zero attached hydrogens (tertiary/aromatic N) is 5. The Morgan fingerprint density at radius 2 is 1.79 bits per heavy atom. The van der Waals surface area contributed by atoms with Crippen molar-refractivity contribution in [2.24, 2.45) is 7.05 Å². The average Bonchev–Trinajstić information content (AvgIpc) is 3.18. The normalized spacial score (nSPS) is 15.1. The third kappa shape index (κ3) is 4.94. The van der Waals surface area contributed by atoms with Crippen molar-refractivity contribution < 1.29 is 17.6 Å². The van der Waals surface area contributed by atoms with E-state index in [1.54, 1.807) is 4.90 Å². The quantitative estimate of drug-likeness (QED) is 0.495. The molecule has 0 bridgehead atoms. The summed E-state index contributed by atoms with van der Waals surface area (Å²) in [6, 6.07) is 13.3. The Labute approximate surface area is 196 Å². The number of aromatic nitrogens is 3. The average molecular weight is 490 g/mol. The van der Waals surface area contributed by atoms with Crippen molar-refractivity contribution >= 4 is 27.7 Å². The van der Waals surface area contributed by atoms with Gasteiger partial charge in [-0.25, -0.2) is 12.8 Å². The highest BCUT2D eigenvalue weighted by molar-refractivity contribution is 7.99. The van der Waals surface area contributed by atoms with E-state index in [-0.39, 0.29) is 42.7 Å². The molecule has 11 heteroatoms. The van der Waals surface area contributed by atoms with Gasteiger partial charge in [0.15, 0.2) is 11.0 Å². The van der Waals surface area contributed by atoms with Gasteiger partial charge in [-0.3, -0.25) is 4.79 Å². The number of sulfonamides is 1. The van der Waals surface area contributed by atoms with Gasteiger partial charge in [-0.05, 0) is 25.1 Å². The molecule has 4 rings (SSSR count). The van der Waals surface area contributed by atoms with E-state index in [4.69, 9.17) is 0 Å². The lowest BCUT2D eigenvalue weighted by Gasteiger charge is -2.34. The molecule has 0 radical (unpaired) electrons. The maximum Gasteiger partial charge on any atom is 0.246 e. The maximum absolute atomic E-state index is 14.0. The number of carbonyl (C=O) groups is 1. The number of benzene rings is 2. The summed E-state index contributed by atoms with van der Waals surface area (Å²) in [5.74, 6) is 0.00428. The topological polar surface area (TPSA) is 88.4 Å². The second kappa shape index (κ2) is 9.62. The second-order valence-corrected chi connectivity index (χ2v) is 10.6. The molecule has 1 amide bonds. The number of halogens is 1. The van der Waals surface area contributed by atoms with Crippen LogP contribution in [0.3, 0.4) is 0 Å². The summed E-state index contributed by atoms with van der Waals surface area (Å²) >= 11 is 1.29. The first kappa shape index (κ1) is 23.4. The molecule has 2 aromatic carbocycles. The molecule has 0 atom stereocenters. The zero-order chi connectivity index (χ0) is 23.6. The molecule has 0 saturated carbocycles. The molecule has 1 aliphatic rings. The minimum atomic E-state index is -3.94. The molecule has 2 heterocycles. The van der Waals surface area contributed by atoms with Gasteiger partial charge in [-0.15, -0.1) is 10.2 Å². The zero-order valence-corrected chi connectivity index (χ0v) is 19.9. The highest BCUT2D eigenvalue weighted by atomic mass is 32.2. The molecule has 1 fully saturated rings. The van der Waals surface area contributed by atoms with Crippen molar-refractivity contribution in [3.05, 3.63) is 59.9 Å². The molecule has 0 N–H and O–H groups in total. The van der Waals surface area contributed by atoms with Crippen molar-refractivity contribution in [3.63, 3.8) is 0 Å². The Kier molecular flexibility index (Phi) is 6.82. The molecule has 3 aromatic rings. The summed E-state index contributed by atoms with van der Waals surface area (Å²) in [6.45, 7) is 2.75. The number of aryl methyl sites for hydroxylation is 1. The Hall–Kier alpha value is -2.76. The second-order valence-electron chi connectivity index (χ2n) is 7.74. The van der Waals surface area contributed by atoms with Crippen molar-refractivity contribution in [2.45, 2.75) is 17.0 Å². The van der Waals surface area contributed by atoms with Gasteiger partial charge in [0.2, 0.25) is 15.9 Å². The van der Waals surface area contributed by atoms with Gasteiger partial charge in [-0.1, -0.05) is 47.7 Å². The van der Waals surface area contributed by atoms with Crippen LogP contribution in [0.15, 0.2) is 58.6 Å². The first-order valence-electron chi connectivity index (χ1n) is 10.4. The zero-order valence-electron chi connectivity index (χ0n) is 18.3. The van der Waals surface area contributed by atoms with Crippen LogP contribution in [-0.2, 0) is 21.9 Å². The van der Waals surface area contributed by atoms with E-state index >= 15 is 0 Å². The molecule has 1 aliphatic heterocycles. The summed E-state index contributed by atoms with van der Waals surface area (Å²) in [4.78, 5) is 14.0. The Morgan fingerprint density at radius 1 is 1.06 bits per heavy atom. The maximum atomic E-state index is 14.0. The predicted octanol–water partition coefficient (Wildman–Crippen LogP) is 2.55. The van der Waals surface area contributed by atoms with Gasteiger partial charge < -0.3 is 9.47 Å². The fourth-order valence-corrected chi connectivity index (χ4v) is 5.97. The van der Waals surface area contributed by atoms with Crippen LogP contribution in [0, 0.1) is 12.7 Å². The van der Waals surface area contributed by atoms with Crippen molar-refractivity contribution in [1.82, 2.24) is 24.0 Å². The standard InChI is InChI=1S/C22H24FN5O3S2/c1-16-6-5-7-17(14-16)21-24-25-22(26(21)2)32-15-20(29)27-10-12-28(13-11-27)33(30,31)19-9-4-3-8-18(19)23/h3-9,14H,10-13,15H2,1-2H3. The van der Waals surface area contributed by atoms with E-state index in [1.807, 2.05) is 42.8 Å². The number of amides is 1. The summed E-state index contributed by atoms with van der Waals surface area (Å²) in [5, 5.41) is 9.09. The van der Waals surface area contributed by atoms with Gasteiger partial charge >= 0.3 is 0 Å². The highest BCUT2D eigenvalue weighted by Crippen LogP contribution is 2.24. The molecule has 33 heavy (non-hydrogen) atoms. The lowest BCUT2D eigenvalue weighted by atomic mass is 10.1. The van der Waals surface area contributed by atoms with E-state index in [0.717, 1.165) is 23.0 Å². The lowest BCUT2D eigenvalue weighted by Crippen LogP contribution is -2.51. The Morgan fingerprint density at radius 3 is 2.48 bits per heavy atom. The number of rotatable bonds is 6. The molecule has 1 saturated heterocycles. The van der Waals surface area contributed by atoms with Gasteiger partial charge in [-0.2, -0.15) is 4.31 Å². The summed E-state index contributed by atoms with van der Waals surface area (Å²) in [6.07, 6.45) is 0. The van der Waals surface area contributed by atoms with Gasteiger partial charge in [0.1, 0.15) is 10.7 Å². The van der Waals surface area contributed by atoms with Gasteiger partial charge in [0, 0.05) is 38.8 Å². The fourth-order valence-electron chi connectivity index (χ4n) is 3.66. The monoisotopic (exact) mass is 489 g/mol. The third-order valence-corrected chi connectivity index (χ3v) is 8.42. The van der Waals surface area contributed by atoms with Gasteiger partial charge in [0.05, 0.1) is 5.75 Å². The number of hydrogen-bond donors (Lipinski definition) is 0. The number of hydrogen-bond acceptors (Lipinski definition) is 6. The molecule has 0 spiro atoms. The molecule has 0 unspecified atom stereocenters. The Bertz CT molecular complexity index is 1270. The van der Waals surface area contributed by atoms with Crippen LogP contribution in [0.25, 0.3) is 11.4 Å². The van der Waals surface area contributed by atoms with Crippen LogP contribution in [0.1, 0.15) is 5.56 Å². The number of thioether (sulfide) groups is 1. The molecule has 174 valence electrons. The minimum absolute atomic E-state index is 0.108. The summed E-state index contributed by atoms with van der Waals surface area (Å²) < 4.78 is 42.5. The van der Waals surface area contributed by atoms with E-state index in [1.165, 1.54) is 34.3 Å². The van der Waals surface area contributed by atoms with E-state index in [0.29, 0.717) is 5.16 Å².